The third-order valence-corrected chi connectivity index (χ3v) is 2.50. The first-order valence-corrected chi connectivity index (χ1v) is 4.36. The Bertz CT molecular complexity index is 93.6. The SMILES string of the molecule is CCC(S)C1CNCCO1. The van der Waals surface area contributed by atoms with Crippen LogP contribution in [0, 0.1) is 0 Å². The van der Waals surface area contributed by atoms with Crippen molar-refractivity contribution in [3.8, 4) is 0 Å². The normalized spacial score (nSPS) is 30.0. The summed E-state index contributed by atoms with van der Waals surface area (Å²) in [7, 11) is 0. The van der Waals surface area contributed by atoms with Gasteiger partial charge in [0, 0.05) is 18.3 Å². The molecule has 0 aromatic carbocycles. The zero-order chi connectivity index (χ0) is 7.40. The van der Waals surface area contributed by atoms with Crippen molar-refractivity contribution in [1.82, 2.24) is 5.32 Å². The van der Waals surface area contributed by atoms with Crippen molar-refractivity contribution >= 4 is 12.6 Å². The van der Waals surface area contributed by atoms with E-state index < -0.39 is 0 Å². The number of rotatable bonds is 2. The van der Waals surface area contributed by atoms with Crippen molar-refractivity contribution in [1.29, 1.82) is 0 Å². The topological polar surface area (TPSA) is 21.3 Å². The van der Waals surface area contributed by atoms with E-state index in [2.05, 4.69) is 24.9 Å². The zero-order valence-electron chi connectivity index (χ0n) is 6.34. The van der Waals surface area contributed by atoms with E-state index in [0.717, 1.165) is 26.1 Å². The van der Waals surface area contributed by atoms with Crippen LogP contribution in [0.15, 0.2) is 0 Å². The minimum atomic E-state index is 0.321. The highest BCUT2D eigenvalue weighted by molar-refractivity contribution is 7.81. The fraction of sp³-hybridized carbons (Fsp3) is 1.00. The molecule has 10 heavy (non-hydrogen) atoms. The van der Waals surface area contributed by atoms with E-state index in [9.17, 15) is 0 Å². The summed E-state index contributed by atoms with van der Waals surface area (Å²) < 4.78 is 5.49. The molecule has 0 radical (unpaired) electrons. The molecule has 0 saturated carbocycles. The summed E-state index contributed by atoms with van der Waals surface area (Å²) in [6.45, 7) is 4.92. The molecule has 0 aliphatic carbocycles. The average molecular weight is 161 g/mol. The number of hydrogen-bond donors (Lipinski definition) is 2. The van der Waals surface area contributed by atoms with Crippen molar-refractivity contribution in [3.63, 3.8) is 0 Å². The first-order chi connectivity index (χ1) is 4.84. The lowest BCUT2D eigenvalue weighted by Crippen LogP contribution is -2.43. The predicted molar refractivity (Wildman–Crippen MR) is 45.7 cm³/mol. The van der Waals surface area contributed by atoms with Crippen LogP contribution in [-0.2, 0) is 4.74 Å². The number of hydrogen-bond acceptors (Lipinski definition) is 3. The molecule has 1 N–H and O–H groups in total. The van der Waals surface area contributed by atoms with Gasteiger partial charge in [-0.05, 0) is 6.42 Å². The van der Waals surface area contributed by atoms with E-state index in [1.54, 1.807) is 0 Å². The zero-order valence-corrected chi connectivity index (χ0v) is 7.23. The Morgan fingerprint density at radius 3 is 3.10 bits per heavy atom. The van der Waals surface area contributed by atoms with Crippen LogP contribution >= 0.6 is 12.6 Å². The number of morpholine rings is 1. The molecule has 0 aromatic rings. The minimum Gasteiger partial charge on any atom is -0.374 e. The van der Waals surface area contributed by atoms with Gasteiger partial charge in [0.25, 0.3) is 0 Å². The molecule has 1 aliphatic heterocycles. The number of nitrogens with one attached hydrogen (secondary N) is 1. The molecule has 60 valence electrons. The van der Waals surface area contributed by atoms with Gasteiger partial charge in [-0.15, -0.1) is 0 Å². The summed E-state index contributed by atoms with van der Waals surface area (Å²) in [4.78, 5) is 0. The highest BCUT2D eigenvalue weighted by Gasteiger charge is 2.19. The maximum Gasteiger partial charge on any atom is 0.0815 e. The molecule has 0 bridgehead atoms. The molecule has 2 nitrogen and oxygen atoms in total. The molecule has 1 heterocycles. The lowest BCUT2D eigenvalue weighted by molar-refractivity contribution is 0.0274. The van der Waals surface area contributed by atoms with Gasteiger partial charge in [0.05, 0.1) is 12.7 Å². The quantitative estimate of drug-likeness (QED) is 0.581. The maximum absolute atomic E-state index is 5.49. The van der Waals surface area contributed by atoms with E-state index >= 15 is 0 Å². The summed E-state index contributed by atoms with van der Waals surface area (Å²) in [5.41, 5.74) is 0. The predicted octanol–water partition coefficient (Wildman–Crippen LogP) is 0.683. The van der Waals surface area contributed by atoms with E-state index in [4.69, 9.17) is 4.74 Å². The standard InChI is InChI=1S/C7H15NOS/c1-2-7(10)6-5-8-3-4-9-6/h6-8,10H,2-5H2,1H3. The van der Waals surface area contributed by atoms with Gasteiger partial charge < -0.3 is 10.1 Å². The fourth-order valence-electron chi connectivity index (χ4n) is 1.10. The molecule has 0 spiro atoms. The van der Waals surface area contributed by atoms with Gasteiger partial charge >= 0.3 is 0 Å². The van der Waals surface area contributed by atoms with Gasteiger partial charge in [-0.1, -0.05) is 6.92 Å². The Morgan fingerprint density at radius 2 is 2.60 bits per heavy atom. The van der Waals surface area contributed by atoms with Gasteiger partial charge in [0.2, 0.25) is 0 Å². The minimum absolute atomic E-state index is 0.321. The molecule has 1 rings (SSSR count). The molecule has 1 saturated heterocycles. The Kier molecular flexibility index (Phi) is 3.52. The van der Waals surface area contributed by atoms with Crippen LogP contribution in [-0.4, -0.2) is 31.1 Å². The van der Waals surface area contributed by atoms with Crippen LogP contribution in [0.4, 0.5) is 0 Å². The third-order valence-electron chi connectivity index (χ3n) is 1.80. The van der Waals surface area contributed by atoms with E-state index in [1.165, 1.54) is 0 Å². The van der Waals surface area contributed by atoms with Gasteiger partial charge in [0.15, 0.2) is 0 Å². The summed E-state index contributed by atoms with van der Waals surface area (Å²) in [5, 5.41) is 3.67. The first kappa shape index (κ1) is 8.37. The van der Waals surface area contributed by atoms with E-state index in [0.29, 0.717) is 11.4 Å². The molecule has 1 aliphatic rings. The van der Waals surface area contributed by atoms with Crippen molar-refractivity contribution in [2.24, 2.45) is 0 Å². The Labute approximate surface area is 67.7 Å². The summed E-state index contributed by atoms with van der Waals surface area (Å²) >= 11 is 4.41. The summed E-state index contributed by atoms with van der Waals surface area (Å²) in [5.74, 6) is 0. The largest absolute Gasteiger partial charge is 0.374 e. The molecule has 2 atom stereocenters. The van der Waals surface area contributed by atoms with Crippen LogP contribution in [0.25, 0.3) is 0 Å². The first-order valence-electron chi connectivity index (χ1n) is 3.85. The van der Waals surface area contributed by atoms with Crippen molar-refractivity contribution < 1.29 is 4.74 Å². The fourth-order valence-corrected chi connectivity index (χ4v) is 1.29. The lowest BCUT2D eigenvalue weighted by atomic mass is 10.2. The van der Waals surface area contributed by atoms with Crippen LogP contribution < -0.4 is 5.32 Å². The third kappa shape index (κ3) is 2.15. The highest BCUT2D eigenvalue weighted by atomic mass is 32.1. The molecule has 1 fully saturated rings. The van der Waals surface area contributed by atoms with Crippen molar-refractivity contribution in [3.05, 3.63) is 0 Å². The lowest BCUT2D eigenvalue weighted by Gasteiger charge is -2.27. The maximum atomic E-state index is 5.49. The van der Waals surface area contributed by atoms with Crippen LogP contribution in [0.5, 0.6) is 0 Å². The molecule has 2 unspecified atom stereocenters. The molecule has 0 aromatic heterocycles. The van der Waals surface area contributed by atoms with Gasteiger partial charge in [0.1, 0.15) is 0 Å². The summed E-state index contributed by atoms with van der Waals surface area (Å²) in [6.07, 6.45) is 1.40. The average Bonchev–Trinajstić information content (AvgIpc) is 2.05. The smallest absolute Gasteiger partial charge is 0.0815 e. The molecule has 3 heteroatoms. The second-order valence-electron chi connectivity index (χ2n) is 2.59. The van der Waals surface area contributed by atoms with E-state index in [-0.39, 0.29) is 0 Å². The van der Waals surface area contributed by atoms with Crippen LogP contribution in [0.1, 0.15) is 13.3 Å². The van der Waals surface area contributed by atoms with Crippen LogP contribution in [0.3, 0.4) is 0 Å². The van der Waals surface area contributed by atoms with Crippen LogP contribution in [0.2, 0.25) is 0 Å². The second kappa shape index (κ2) is 4.21. The Hall–Kier alpha value is 0.270. The monoisotopic (exact) mass is 161 g/mol. The number of ether oxygens (including phenoxy) is 1. The van der Waals surface area contributed by atoms with Gasteiger partial charge in [-0.2, -0.15) is 12.6 Å². The molecular weight excluding hydrogens is 146 g/mol. The van der Waals surface area contributed by atoms with Gasteiger partial charge in [-0.3, -0.25) is 0 Å². The Morgan fingerprint density at radius 1 is 1.80 bits per heavy atom. The van der Waals surface area contributed by atoms with Crippen molar-refractivity contribution in [2.75, 3.05) is 19.7 Å². The second-order valence-corrected chi connectivity index (χ2v) is 3.25. The van der Waals surface area contributed by atoms with Gasteiger partial charge in [-0.25, -0.2) is 0 Å². The molecular formula is C7H15NOS. The summed E-state index contributed by atoms with van der Waals surface area (Å²) in [6, 6.07) is 0. The number of thiol groups is 1. The van der Waals surface area contributed by atoms with Crippen molar-refractivity contribution in [2.45, 2.75) is 24.7 Å². The van der Waals surface area contributed by atoms with E-state index in [1.807, 2.05) is 0 Å². The molecule has 0 amide bonds. The highest BCUT2D eigenvalue weighted by Crippen LogP contribution is 2.11. The Balaban J connectivity index is 2.24.